The first-order valence-electron chi connectivity index (χ1n) is 7.20. The molecule has 4 nitrogen and oxygen atoms in total. The molecule has 21 heavy (non-hydrogen) atoms. The van der Waals surface area contributed by atoms with Crippen molar-refractivity contribution < 1.29 is 4.21 Å². The van der Waals surface area contributed by atoms with E-state index in [1.807, 2.05) is 31.3 Å². The van der Waals surface area contributed by atoms with Crippen LogP contribution >= 0.6 is 0 Å². The first-order chi connectivity index (χ1) is 10.1. The van der Waals surface area contributed by atoms with Gasteiger partial charge in [0, 0.05) is 41.1 Å². The van der Waals surface area contributed by atoms with Crippen LogP contribution in [0.15, 0.2) is 36.5 Å². The third kappa shape index (κ3) is 4.51. The molecule has 1 N–H and O–H groups in total. The summed E-state index contributed by atoms with van der Waals surface area (Å²) in [7, 11) is -0.722. The van der Waals surface area contributed by atoms with E-state index in [9.17, 15) is 4.21 Å². The highest BCUT2D eigenvalue weighted by Gasteiger charge is 2.10. The molecule has 114 valence electrons. The lowest BCUT2D eigenvalue weighted by Crippen LogP contribution is -2.28. The Hall–Kier alpha value is -1.46. The van der Waals surface area contributed by atoms with E-state index in [2.05, 4.69) is 33.9 Å². The average molecular weight is 305 g/mol. The highest BCUT2D eigenvalue weighted by molar-refractivity contribution is 7.84. The summed E-state index contributed by atoms with van der Waals surface area (Å²) < 4.78 is 13.3. The second-order valence-electron chi connectivity index (χ2n) is 5.32. The van der Waals surface area contributed by atoms with E-state index >= 15 is 0 Å². The summed E-state index contributed by atoms with van der Waals surface area (Å²) >= 11 is 0. The molecule has 0 aliphatic rings. The zero-order chi connectivity index (χ0) is 15.2. The first kappa shape index (κ1) is 15.9. The van der Waals surface area contributed by atoms with Crippen molar-refractivity contribution in [3.8, 4) is 5.69 Å². The number of para-hydroxylation sites is 1. The van der Waals surface area contributed by atoms with Crippen molar-refractivity contribution in [1.29, 1.82) is 0 Å². The lowest BCUT2D eigenvalue weighted by atomic mass is 10.2. The maximum atomic E-state index is 11.1. The minimum atomic E-state index is -0.722. The van der Waals surface area contributed by atoms with Gasteiger partial charge in [0.05, 0.1) is 11.9 Å². The van der Waals surface area contributed by atoms with E-state index in [0.29, 0.717) is 6.04 Å². The van der Waals surface area contributed by atoms with Gasteiger partial charge in [-0.25, -0.2) is 4.98 Å². The van der Waals surface area contributed by atoms with Gasteiger partial charge in [-0.2, -0.15) is 0 Å². The maximum absolute atomic E-state index is 11.1. The third-order valence-electron chi connectivity index (χ3n) is 3.50. The van der Waals surface area contributed by atoms with Crippen LogP contribution in [0.4, 0.5) is 0 Å². The zero-order valence-corrected chi connectivity index (χ0v) is 13.7. The molecule has 0 aliphatic carbocycles. The minimum absolute atomic E-state index is 0.341. The molecule has 5 heteroatoms. The van der Waals surface area contributed by atoms with Crippen molar-refractivity contribution >= 4 is 10.8 Å². The number of nitrogens with zero attached hydrogens (tertiary/aromatic N) is 2. The Labute approximate surface area is 129 Å². The molecule has 0 spiro atoms. The van der Waals surface area contributed by atoms with Crippen molar-refractivity contribution in [3.63, 3.8) is 0 Å². The van der Waals surface area contributed by atoms with Gasteiger partial charge in [0.25, 0.3) is 0 Å². The van der Waals surface area contributed by atoms with Crippen LogP contribution in [-0.4, -0.2) is 31.8 Å². The van der Waals surface area contributed by atoms with E-state index in [-0.39, 0.29) is 0 Å². The Balaban J connectivity index is 2.03. The number of hydrogen-bond acceptors (Lipinski definition) is 3. The maximum Gasteiger partial charge on any atom is 0.110 e. The molecule has 2 aromatic rings. The molecule has 0 radical (unpaired) electrons. The fourth-order valence-corrected chi connectivity index (χ4v) is 2.95. The second-order valence-corrected chi connectivity index (χ2v) is 6.87. The summed E-state index contributed by atoms with van der Waals surface area (Å²) in [5.41, 5.74) is 2.27. The molecule has 0 saturated heterocycles. The normalized spacial score (nSPS) is 14.0. The summed E-state index contributed by atoms with van der Waals surface area (Å²) in [6.07, 6.45) is 4.59. The van der Waals surface area contributed by atoms with E-state index in [1.54, 1.807) is 6.26 Å². The summed E-state index contributed by atoms with van der Waals surface area (Å²) in [6, 6.07) is 10.6. The van der Waals surface area contributed by atoms with Gasteiger partial charge in [-0.3, -0.25) is 8.78 Å². The van der Waals surface area contributed by atoms with Crippen molar-refractivity contribution in [2.24, 2.45) is 0 Å². The molecule has 2 rings (SSSR count). The van der Waals surface area contributed by atoms with Crippen molar-refractivity contribution in [1.82, 2.24) is 14.9 Å². The van der Waals surface area contributed by atoms with Gasteiger partial charge in [0.15, 0.2) is 0 Å². The summed E-state index contributed by atoms with van der Waals surface area (Å²) in [6.45, 7) is 4.90. The van der Waals surface area contributed by atoms with Gasteiger partial charge < -0.3 is 5.32 Å². The number of aromatic nitrogens is 2. The van der Waals surface area contributed by atoms with E-state index < -0.39 is 10.8 Å². The second kappa shape index (κ2) is 7.52. The molecule has 1 aromatic carbocycles. The van der Waals surface area contributed by atoms with E-state index in [1.165, 1.54) is 0 Å². The monoisotopic (exact) mass is 305 g/mol. The fourth-order valence-electron chi connectivity index (χ4n) is 2.27. The Morgan fingerprint density at radius 3 is 2.71 bits per heavy atom. The average Bonchev–Trinajstić information content (AvgIpc) is 2.84. The van der Waals surface area contributed by atoms with Crippen LogP contribution in [0.25, 0.3) is 5.69 Å². The number of rotatable bonds is 7. The van der Waals surface area contributed by atoms with Gasteiger partial charge in [-0.05, 0) is 32.4 Å². The Morgan fingerprint density at radius 2 is 2.05 bits per heavy atom. The van der Waals surface area contributed by atoms with Crippen LogP contribution in [0.1, 0.15) is 24.9 Å². The van der Waals surface area contributed by atoms with Gasteiger partial charge >= 0.3 is 0 Å². The van der Waals surface area contributed by atoms with Crippen molar-refractivity contribution in [2.75, 3.05) is 12.0 Å². The number of imidazole rings is 1. The molecule has 0 aliphatic heterocycles. The van der Waals surface area contributed by atoms with Crippen LogP contribution in [0.3, 0.4) is 0 Å². The van der Waals surface area contributed by atoms with Crippen molar-refractivity contribution in [3.05, 3.63) is 48.0 Å². The van der Waals surface area contributed by atoms with Crippen molar-refractivity contribution in [2.45, 2.75) is 32.9 Å². The van der Waals surface area contributed by atoms with Crippen LogP contribution in [0.2, 0.25) is 0 Å². The molecule has 2 unspecified atom stereocenters. The Morgan fingerprint density at radius 1 is 1.33 bits per heavy atom. The number of benzene rings is 1. The molecular weight excluding hydrogens is 282 g/mol. The smallest absolute Gasteiger partial charge is 0.110 e. The summed E-state index contributed by atoms with van der Waals surface area (Å²) in [4.78, 5) is 4.42. The van der Waals surface area contributed by atoms with Gasteiger partial charge in [-0.15, -0.1) is 0 Å². The standard InChI is InChI=1S/C16H23N3OS/c1-13(9-10-21(3)20)17-11-16-12-18-14(2)19(16)15-7-5-4-6-8-15/h4-8,12-13,17H,9-11H2,1-3H3. The molecule has 0 saturated carbocycles. The largest absolute Gasteiger partial charge is 0.309 e. The zero-order valence-electron chi connectivity index (χ0n) is 12.9. The first-order valence-corrected chi connectivity index (χ1v) is 8.92. The third-order valence-corrected chi connectivity index (χ3v) is 4.31. The lowest BCUT2D eigenvalue weighted by molar-refractivity contribution is 0.526. The van der Waals surface area contributed by atoms with Crippen LogP contribution in [0, 0.1) is 6.92 Å². The molecule has 2 atom stereocenters. The lowest BCUT2D eigenvalue weighted by Gasteiger charge is -2.15. The van der Waals surface area contributed by atoms with Gasteiger partial charge in [0.2, 0.25) is 0 Å². The van der Waals surface area contributed by atoms with Crippen LogP contribution in [-0.2, 0) is 17.3 Å². The Bertz CT molecular complexity index is 595. The molecule has 0 amide bonds. The molecule has 0 bridgehead atoms. The van der Waals surface area contributed by atoms with Crippen LogP contribution in [0.5, 0.6) is 0 Å². The minimum Gasteiger partial charge on any atom is -0.309 e. The number of aryl methyl sites for hydroxylation is 1. The summed E-state index contributed by atoms with van der Waals surface area (Å²) in [5, 5.41) is 3.48. The van der Waals surface area contributed by atoms with Crippen LogP contribution < -0.4 is 5.32 Å². The fraction of sp³-hybridized carbons (Fsp3) is 0.438. The van der Waals surface area contributed by atoms with E-state index in [0.717, 1.165) is 35.9 Å². The quantitative estimate of drug-likeness (QED) is 0.854. The number of nitrogens with one attached hydrogen (secondary N) is 1. The van der Waals surface area contributed by atoms with E-state index in [4.69, 9.17) is 0 Å². The highest BCUT2D eigenvalue weighted by Crippen LogP contribution is 2.14. The topological polar surface area (TPSA) is 46.9 Å². The predicted molar refractivity (Wildman–Crippen MR) is 88.2 cm³/mol. The summed E-state index contributed by atoms with van der Waals surface area (Å²) in [5.74, 6) is 1.73. The molecule has 1 heterocycles. The van der Waals surface area contributed by atoms with Gasteiger partial charge in [0.1, 0.15) is 5.82 Å². The Kier molecular flexibility index (Phi) is 5.70. The molecular formula is C16H23N3OS. The number of hydrogen-bond donors (Lipinski definition) is 1. The van der Waals surface area contributed by atoms with Gasteiger partial charge in [-0.1, -0.05) is 18.2 Å². The SMILES string of the molecule is Cc1ncc(CNC(C)CCS(C)=O)n1-c1ccccc1. The molecule has 1 aromatic heterocycles. The predicted octanol–water partition coefficient (Wildman–Crippen LogP) is 2.43. The highest BCUT2D eigenvalue weighted by atomic mass is 32.2. The molecule has 0 fully saturated rings.